The topological polar surface area (TPSA) is 101 Å². The molecule has 6 nitrogen and oxygen atoms in total. The first-order valence-corrected chi connectivity index (χ1v) is 5.00. The number of rotatable bonds is 5. The molecule has 1 heterocycles. The van der Waals surface area contributed by atoms with Crippen molar-refractivity contribution in [2.24, 2.45) is 11.1 Å². The maximum Gasteiger partial charge on any atom is 0.235 e. The van der Waals surface area contributed by atoms with Crippen LogP contribution in [-0.4, -0.2) is 28.3 Å². The minimum atomic E-state index is -1.17. The van der Waals surface area contributed by atoms with Crippen molar-refractivity contribution < 1.29 is 9.59 Å². The Morgan fingerprint density at radius 3 is 2.75 bits per heavy atom. The van der Waals surface area contributed by atoms with Gasteiger partial charge in [0, 0.05) is 24.9 Å². The van der Waals surface area contributed by atoms with Crippen LogP contribution in [0.25, 0.3) is 0 Å². The van der Waals surface area contributed by atoms with Gasteiger partial charge in [-0.15, -0.1) is 0 Å². The highest BCUT2D eigenvalue weighted by atomic mass is 16.2. The quantitative estimate of drug-likeness (QED) is 0.592. The third-order valence-corrected chi connectivity index (χ3v) is 2.42. The lowest BCUT2D eigenvalue weighted by atomic mass is 9.91. The van der Waals surface area contributed by atoms with E-state index in [1.54, 1.807) is 12.5 Å². The van der Waals surface area contributed by atoms with Crippen molar-refractivity contribution in [2.75, 3.05) is 6.54 Å². The molecule has 0 saturated carbocycles. The van der Waals surface area contributed by atoms with Gasteiger partial charge in [-0.05, 0) is 13.8 Å². The lowest BCUT2D eigenvalue weighted by Crippen LogP contribution is -2.46. The number of amides is 2. The fraction of sp³-hybridized carbons (Fsp3) is 0.500. The van der Waals surface area contributed by atoms with Gasteiger partial charge in [0.15, 0.2) is 0 Å². The van der Waals surface area contributed by atoms with Crippen LogP contribution in [0.2, 0.25) is 0 Å². The summed E-state index contributed by atoms with van der Waals surface area (Å²) in [6.07, 6.45) is 3.90. The Morgan fingerprint density at radius 1 is 1.56 bits per heavy atom. The first-order valence-electron chi connectivity index (χ1n) is 5.00. The normalized spacial score (nSPS) is 11.1. The molecule has 1 aromatic heterocycles. The Hall–Kier alpha value is -1.85. The monoisotopic (exact) mass is 224 g/mol. The zero-order valence-electron chi connectivity index (χ0n) is 9.41. The largest absolute Gasteiger partial charge is 0.369 e. The highest BCUT2D eigenvalue weighted by molar-refractivity contribution is 6.03. The summed E-state index contributed by atoms with van der Waals surface area (Å²) in [6.45, 7) is 3.44. The molecule has 0 bridgehead atoms. The number of hydrogen-bond donors (Lipinski definition) is 3. The summed E-state index contributed by atoms with van der Waals surface area (Å²) in [5.74, 6) is -0.994. The molecular weight excluding hydrogens is 208 g/mol. The van der Waals surface area contributed by atoms with Crippen molar-refractivity contribution in [1.82, 2.24) is 15.3 Å². The number of nitrogens with zero attached hydrogens (tertiary/aromatic N) is 1. The van der Waals surface area contributed by atoms with Crippen LogP contribution in [-0.2, 0) is 16.0 Å². The predicted molar refractivity (Wildman–Crippen MR) is 58.3 cm³/mol. The van der Waals surface area contributed by atoms with Crippen molar-refractivity contribution in [3.63, 3.8) is 0 Å². The van der Waals surface area contributed by atoms with Gasteiger partial charge < -0.3 is 16.0 Å². The van der Waals surface area contributed by atoms with E-state index in [2.05, 4.69) is 15.3 Å². The van der Waals surface area contributed by atoms with Gasteiger partial charge in [0.2, 0.25) is 11.8 Å². The first kappa shape index (κ1) is 12.2. The van der Waals surface area contributed by atoms with Crippen molar-refractivity contribution >= 4 is 11.8 Å². The third-order valence-electron chi connectivity index (χ3n) is 2.42. The van der Waals surface area contributed by atoms with Crippen molar-refractivity contribution in [2.45, 2.75) is 20.3 Å². The predicted octanol–water partition coefficient (Wildman–Crippen LogP) is -0.420. The zero-order chi connectivity index (χ0) is 12.2. The van der Waals surface area contributed by atoms with E-state index in [0.717, 1.165) is 5.69 Å². The molecule has 4 N–H and O–H groups in total. The number of imidazole rings is 1. The summed E-state index contributed by atoms with van der Waals surface area (Å²) in [5, 5.41) is 2.66. The molecule has 0 spiro atoms. The number of aromatic amines is 1. The lowest BCUT2D eigenvalue weighted by Gasteiger charge is -2.19. The van der Waals surface area contributed by atoms with Crippen LogP contribution in [0.1, 0.15) is 19.5 Å². The van der Waals surface area contributed by atoms with Crippen molar-refractivity contribution in [3.05, 3.63) is 18.2 Å². The second-order valence-corrected chi connectivity index (χ2v) is 4.07. The molecule has 0 aliphatic carbocycles. The maximum absolute atomic E-state index is 11.6. The average Bonchev–Trinajstić information content (AvgIpc) is 2.70. The number of hydrogen-bond acceptors (Lipinski definition) is 3. The summed E-state index contributed by atoms with van der Waals surface area (Å²) in [5.41, 5.74) is 4.88. The van der Waals surface area contributed by atoms with Gasteiger partial charge in [0.25, 0.3) is 0 Å². The van der Waals surface area contributed by atoms with Crippen molar-refractivity contribution in [3.8, 4) is 0 Å². The van der Waals surface area contributed by atoms with E-state index in [4.69, 9.17) is 5.73 Å². The van der Waals surface area contributed by atoms with E-state index >= 15 is 0 Å². The Labute approximate surface area is 93.6 Å². The van der Waals surface area contributed by atoms with E-state index in [9.17, 15) is 9.59 Å². The molecule has 88 valence electrons. The van der Waals surface area contributed by atoms with Gasteiger partial charge in [-0.25, -0.2) is 4.98 Å². The molecule has 1 rings (SSSR count). The number of carbonyl (C=O) groups excluding carboxylic acids is 2. The van der Waals surface area contributed by atoms with E-state index in [0.29, 0.717) is 13.0 Å². The summed E-state index contributed by atoms with van der Waals surface area (Å²) in [7, 11) is 0. The van der Waals surface area contributed by atoms with Gasteiger partial charge in [-0.1, -0.05) is 0 Å². The number of nitrogens with one attached hydrogen (secondary N) is 2. The van der Waals surface area contributed by atoms with E-state index in [-0.39, 0.29) is 5.91 Å². The van der Waals surface area contributed by atoms with E-state index in [1.165, 1.54) is 13.8 Å². The number of H-pyrrole nitrogens is 1. The molecular formula is C10H16N4O2. The molecule has 1 aromatic rings. The van der Waals surface area contributed by atoms with E-state index < -0.39 is 11.3 Å². The molecule has 0 saturated heterocycles. The number of aromatic nitrogens is 2. The number of nitrogens with two attached hydrogens (primary N) is 1. The Kier molecular flexibility index (Phi) is 3.65. The van der Waals surface area contributed by atoms with Crippen LogP contribution >= 0.6 is 0 Å². The smallest absolute Gasteiger partial charge is 0.235 e. The Bertz CT molecular complexity index is 370. The highest BCUT2D eigenvalue weighted by Gasteiger charge is 2.33. The molecule has 0 fully saturated rings. The molecule has 0 aliphatic rings. The second kappa shape index (κ2) is 4.78. The second-order valence-electron chi connectivity index (χ2n) is 4.07. The van der Waals surface area contributed by atoms with Gasteiger partial charge in [0.1, 0.15) is 5.41 Å². The van der Waals surface area contributed by atoms with Crippen LogP contribution in [0.4, 0.5) is 0 Å². The summed E-state index contributed by atoms with van der Waals surface area (Å²) in [4.78, 5) is 29.4. The number of primary amides is 1. The van der Waals surface area contributed by atoms with Crippen molar-refractivity contribution in [1.29, 1.82) is 0 Å². The van der Waals surface area contributed by atoms with Gasteiger partial charge in [-0.3, -0.25) is 9.59 Å². The fourth-order valence-electron chi connectivity index (χ4n) is 1.06. The van der Waals surface area contributed by atoms with Crippen LogP contribution in [0, 0.1) is 5.41 Å². The van der Waals surface area contributed by atoms with Gasteiger partial charge >= 0.3 is 0 Å². The molecule has 0 radical (unpaired) electrons. The molecule has 0 aromatic carbocycles. The fourth-order valence-corrected chi connectivity index (χ4v) is 1.06. The van der Waals surface area contributed by atoms with Crippen LogP contribution in [0.15, 0.2) is 12.5 Å². The average molecular weight is 224 g/mol. The SMILES string of the molecule is CC(C)(C(N)=O)C(=O)NCCc1cnc[nH]1. The minimum Gasteiger partial charge on any atom is -0.369 e. The Balaban J connectivity index is 2.39. The van der Waals surface area contributed by atoms with Crippen LogP contribution in [0.5, 0.6) is 0 Å². The molecule has 16 heavy (non-hydrogen) atoms. The van der Waals surface area contributed by atoms with E-state index in [1.807, 2.05) is 0 Å². The maximum atomic E-state index is 11.6. The molecule has 0 aliphatic heterocycles. The third kappa shape index (κ3) is 2.82. The van der Waals surface area contributed by atoms with Gasteiger partial charge in [-0.2, -0.15) is 0 Å². The van der Waals surface area contributed by atoms with Crippen LogP contribution in [0.3, 0.4) is 0 Å². The summed E-state index contributed by atoms with van der Waals surface area (Å²) >= 11 is 0. The molecule has 0 unspecified atom stereocenters. The zero-order valence-corrected chi connectivity index (χ0v) is 9.41. The van der Waals surface area contributed by atoms with Crippen LogP contribution < -0.4 is 11.1 Å². The highest BCUT2D eigenvalue weighted by Crippen LogP contribution is 2.13. The van der Waals surface area contributed by atoms with Gasteiger partial charge in [0.05, 0.1) is 6.33 Å². The minimum absolute atomic E-state index is 0.362. The number of carbonyl (C=O) groups is 2. The summed E-state index contributed by atoms with van der Waals surface area (Å²) < 4.78 is 0. The summed E-state index contributed by atoms with van der Waals surface area (Å²) in [6, 6.07) is 0. The standard InChI is InChI=1S/C10H16N4O2/c1-10(2,8(11)15)9(16)13-4-3-7-5-12-6-14-7/h5-6H,3-4H2,1-2H3,(H2,11,15)(H,12,14)(H,13,16). The molecule has 0 atom stereocenters. The lowest BCUT2D eigenvalue weighted by molar-refractivity contribution is -0.139. The Morgan fingerprint density at radius 2 is 2.25 bits per heavy atom. The molecule has 6 heteroatoms. The molecule has 2 amide bonds. The first-order chi connectivity index (χ1) is 7.44.